The number of alkyl halides is 2. The van der Waals surface area contributed by atoms with Gasteiger partial charge in [-0.3, -0.25) is 14.3 Å². The lowest BCUT2D eigenvalue weighted by Gasteiger charge is -2.30. The number of ether oxygens (including phenoxy) is 3. The zero-order valence-corrected chi connectivity index (χ0v) is 24.7. The average Bonchev–Trinajstić information content (AvgIpc) is 3.94. The van der Waals surface area contributed by atoms with Crippen LogP contribution in [0.2, 0.25) is 0 Å². The SMILES string of the molecule is CCOc1c(CC(N)=O)cc([C@@](O)(CNC(=O)c2cc(F)c3nn(C4CC4)cc3c2)C2CC2)nc1-c1ccc2c(c1)OC(F)(F)O2. The Bertz CT molecular complexity index is 1890. The Morgan fingerprint density at radius 2 is 1.91 bits per heavy atom. The third-order valence-corrected chi connectivity index (χ3v) is 8.36. The van der Waals surface area contributed by atoms with Crippen LogP contribution in [-0.4, -0.2) is 51.1 Å². The number of nitrogens with two attached hydrogens (primary N) is 1. The summed E-state index contributed by atoms with van der Waals surface area (Å²) in [5.74, 6) is -2.46. The molecular weight excluding hydrogens is 607 g/mol. The number of carbonyl (C=O) groups is 2. The standard InChI is InChI=1S/C32H30F3N5O6/c1-2-44-29-17(13-26(36)41)12-25(38-28(29)16-3-8-23-24(11-16)46-32(34,35)45-23)31(43,20-4-5-20)15-37-30(42)18-9-19-14-40(21-6-7-21)39-27(19)22(33)10-18/h3,8-12,14,20-21,43H,2,4-7,13,15H2,1H3,(H2,36,41)(H,37,42)/t31-/m1/s1. The van der Waals surface area contributed by atoms with E-state index >= 15 is 0 Å². The maximum absolute atomic E-state index is 14.9. The molecule has 4 N–H and O–H groups in total. The highest BCUT2D eigenvalue weighted by Crippen LogP contribution is 2.48. The molecule has 2 saturated carbocycles. The van der Waals surface area contributed by atoms with Gasteiger partial charge in [-0.2, -0.15) is 5.10 Å². The van der Waals surface area contributed by atoms with Gasteiger partial charge in [0.15, 0.2) is 17.3 Å². The molecule has 240 valence electrons. The molecule has 3 aliphatic rings. The fourth-order valence-electron chi connectivity index (χ4n) is 5.81. The molecule has 2 aromatic carbocycles. The number of hydrogen-bond acceptors (Lipinski definition) is 8. The van der Waals surface area contributed by atoms with Crippen LogP contribution in [0.3, 0.4) is 0 Å². The number of fused-ring (bicyclic) bond motifs is 2. The number of rotatable bonds is 11. The van der Waals surface area contributed by atoms with Crippen molar-refractivity contribution in [2.75, 3.05) is 13.2 Å². The number of pyridine rings is 1. The summed E-state index contributed by atoms with van der Waals surface area (Å²) in [6.07, 6.45) is 0.790. The number of hydrogen-bond donors (Lipinski definition) is 3. The van der Waals surface area contributed by atoms with Gasteiger partial charge < -0.3 is 30.4 Å². The van der Waals surface area contributed by atoms with Gasteiger partial charge in [0.25, 0.3) is 5.91 Å². The molecule has 1 aliphatic heterocycles. The summed E-state index contributed by atoms with van der Waals surface area (Å²) in [7, 11) is 0. The van der Waals surface area contributed by atoms with Crippen molar-refractivity contribution in [3.8, 4) is 28.5 Å². The first kappa shape index (κ1) is 29.8. The quantitative estimate of drug-likeness (QED) is 0.220. The minimum atomic E-state index is -3.84. The van der Waals surface area contributed by atoms with Crippen LogP contribution in [0.1, 0.15) is 60.3 Å². The van der Waals surface area contributed by atoms with E-state index in [-0.39, 0.29) is 76.8 Å². The first-order chi connectivity index (χ1) is 21.9. The molecule has 46 heavy (non-hydrogen) atoms. The summed E-state index contributed by atoms with van der Waals surface area (Å²) in [5, 5.41) is 19.7. The van der Waals surface area contributed by atoms with Crippen molar-refractivity contribution in [1.29, 1.82) is 0 Å². The van der Waals surface area contributed by atoms with Crippen molar-refractivity contribution < 1.29 is 42.1 Å². The van der Waals surface area contributed by atoms with Crippen LogP contribution >= 0.6 is 0 Å². The number of primary amides is 1. The molecule has 7 rings (SSSR count). The third-order valence-electron chi connectivity index (χ3n) is 8.36. The molecule has 4 aromatic rings. The van der Waals surface area contributed by atoms with Gasteiger partial charge >= 0.3 is 6.29 Å². The zero-order chi connectivity index (χ0) is 32.4. The molecule has 2 amide bonds. The van der Waals surface area contributed by atoms with E-state index in [0.29, 0.717) is 23.8 Å². The number of halogens is 3. The van der Waals surface area contributed by atoms with E-state index in [0.717, 1.165) is 18.9 Å². The normalized spacial score (nSPS) is 17.9. The lowest BCUT2D eigenvalue weighted by molar-refractivity contribution is -0.286. The highest BCUT2D eigenvalue weighted by Gasteiger charge is 2.47. The van der Waals surface area contributed by atoms with Gasteiger partial charge in [-0.25, -0.2) is 9.37 Å². The maximum Gasteiger partial charge on any atom is 0.586 e. The van der Waals surface area contributed by atoms with E-state index in [1.165, 1.54) is 24.3 Å². The number of benzene rings is 2. The fraction of sp³-hybridized carbons (Fsp3) is 0.375. The first-order valence-electron chi connectivity index (χ1n) is 15.0. The lowest BCUT2D eigenvalue weighted by atomic mass is 9.90. The molecule has 2 aliphatic carbocycles. The second-order valence-electron chi connectivity index (χ2n) is 11.9. The summed E-state index contributed by atoms with van der Waals surface area (Å²) in [5.41, 5.74) is 4.93. The molecule has 3 heterocycles. The second-order valence-corrected chi connectivity index (χ2v) is 11.9. The number of nitrogens with zero attached hydrogens (tertiary/aromatic N) is 3. The van der Waals surface area contributed by atoms with E-state index in [4.69, 9.17) is 15.5 Å². The summed E-state index contributed by atoms with van der Waals surface area (Å²) < 4.78 is 59.2. The van der Waals surface area contributed by atoms with Crippen LogP contribution in [0.5, 0.6) is 17.2 Å². The van der Waals surface area contributed by atoms with E-state index in [1.807, 2.05) is 0 Å². The largest absolute Gasteiger partial charge is 0.586 e. The van der Waals surface area contributed by atoms with E-state index < -0.39 is 29.5 Å². The van der Waals surface area contributed by atoms with Gasteiger partial charge in [-0.1, -0.05) is 0 Å². The van der Waals surface area contributed by atoms with E-state index in [1.54, 1.807) is 23.9 Å². The summed E-state index contributed by atoms with van der Waals surface area (Å²) >= 11 is 0. The molecule has 0 bridgehead atoms. The lowest BCUT2D eigenvalue weighted by Crippen LogP contribution is -2.43. The Morgan fingerprint density at radius 1 is 1.15 bits per heavy atom. The Kier molecular flexibility index (Phi) is 7.07. The number of carbonyl (C=O) groups excluding carboxylic acids is 2. The monoisotopic (exact) mass is 637 g/mol. The third kappa shape index (κ3) is 5.57. The van der Waals surface area contributed by atoms with Crippen molar-refractivity contribution in [1.82, 2.24) is 20.1 Å². The van der Waals surface area contributed by atoms with Gasteiger partial charge in [-0.15, -0.1) is 8.78 Å². The second kappa shape index (κ2) is 10.9. The maximum atomic E-state index is 14.9. The Balaban J connectivity index is 1.24. The predicted molar refractivity (Wildman–Crippen MR) is 157 cm³/mol. The Hall–Kier alpha value is -4.85. The van der Waals surface area contributed by atoms with E-state index in [9.17, 15) is 27.9 Å². The van der Waals surface area contributed by atoms with Gasteiger partial charge in [0.2, 0.25) is 5.91 Å². The molecule has 0 spiro atoms. The molecule has 2 aromatic heterocycles. The van der Waals surface area contributed by atoms with Crippen molar-refractivity contribution >= 4 is 22.7 Å². The van der Waals surface area contributed by atoms with Gasteiger partial charge in [0.1, 0.15) is 22.6 Å². The van der Waals surface area contributed by atoms with Crippen LogP contribution in [0, 0.1) is 11.7 Å². The smallest absolute Gasteiger partial charge is 0.491 e. The molecule has 0 radical (unpaired) electrons. The molecule has 11 nitrogen and oxygen atoms in total. The molecule has 0 unspecified atom stereocenters. The Labute approximate surface area is 260 Å². The predicted octanol–water partition coefficient (Wildman–Crippen LogP) is 4.35. The van der Waals surface area contributed by atoms with Crippen LogP contribution in [0.25, 0.3) is 22.2 Å². The molecule has 2 fully saturated rings. The molecule has 0 saturated heterocycles. The van der Waals surface area contributed by atoms with Crippen molar-refractivity contribution in [2.24, 2.45) is 11.7 Å². The van der Waals surface area contributed by atoms with Crippen molar-refractivity contribution in [3.63, 3.8) is 0 Å². The highest BCUT2D eigenvalue weighted by atomic mass is 19.3. The number of aliphatic hydroxyl groups is 1. The molecular formula is C32H30F3N5O6. The highest BCUT2D eigenvalue weighted by molar-refractivity contribution is 5.98. The molecule has 1 atom stereocenters. The van der Waals surface area contributed by atoms with E-state index in [2.05, 4.69) is 19.9 Å². The van der Waals surface area contributed by atoms with Crippen LogP contribution < -0.4 is 25.3 Å². The van der Waals surface area contributed by atoms with Crippen molar-refractivity contribution in [3.05, 3.63) is 65.2 Å². The number of nitrogens with one attached hydrogen (secondary N) is 1. The summed E-state index contributed by atoms with van der Waals surface area (Å²) in [6, 6.07) is 8.47. The van der Waals surface area contributed by atoms with Gasteiger partial charge in [0, 0.05) is 28.3 Å². The minimum Gasteiger partial charge on any atom is -0.491 e. The average molecular weight is 638 g/mol. The topological polar surface area (TPSA) is 151 Å². The van der Waals surface area contributed by atoms with Crippen LogP contribution in [-0.2, 0) is 16.8 Å². The fourth-order valence-corrected chi connectivity index (χ4v) is 5.81. The first-order valence-corrected chi connectivity index (χ1v) is 15.0. The Morgan fingerprint density at radius 3 is 2.61 bits per heavy atom. The van der Waals surface area contributed by atoms with Crippen LogP contribution in [0.4, 0.5) is 13.2 Å². The summed E-state index contributed by atoms with van der Waals surface area (Å²) in [6.45, 7) is 1.60. The zero-order valence-electron chi connectivity index (χ0n) is 24.7. The van der Waals surface area contributed by atoms with Gasteiger partial charge in [-0.05, 0) is 74.9 Å². The summed E-state index contributed by atoms with van der Waals surface area (Å²) in [4.78, 5) is 30.1. The number of amides is 2. The van der Waals surface area contributed by atoms with Crippen molar-refractivity contribution in [2.45, 2.75) is 57.0 Å². The molecule has 14 heteroatoms. The van der Waals surface area contributed by atoms with Crippen LogP contribution in [0.15, 0.2) is 42.6 Å². The minimum absolute atomic E-state index is 0.0606. The number of aromatic nitrogens is 3. The van der Waals surface area contributed by atoms with Gasteiger partial charge in [0.05, 0.1) is 31.3 Å².